The number of nitrogens with zero attached hydrogens (tertiary/aromatic N) is 3. The van der Waals surface area contributed by atoms with E-state index in [0.717, 1.165) is 17.2 Å². The summed E-state index contributed by atoms with van der Waals surface area (Å²) in [4.78, 5) is 14.7. The van der Waals surface area contributed by atoms with Gasteiger partial charge in [0.25, 0.3) is 5.15 Å². The molecule has 0 bridgehead atoms. The van der Waals surface area contributed by atoms with Gasteiger partial charge in [-0.15, -0.1) is 11.3 Å². The fourth-order valence-corrected chi connectivity index (χ4v) is 4.02. The van der Waals surface area contributed by atoms with Crippen LogP contribution in [-0.2, 0) is 0 Å². The van der Waals surface area contributed by atoms with E-state index in [4.69, 9.17) is 11.6 Å². The number of pyridine rings is 1. The Balaban J connectivity index is 2.17. The monoisotopic (exact) mass is 407 g/mol. The van der Waals surface area contributed by atoms with Gasteiger partial charge in [-0.2, -0.15) is 4.73 Å². The van der Waals surface area contributed by atoms with E-state index >= 15 is 0 Å². The fourth-order valence-electron chi connectivity index (χ4n) is 2.68. The van der Waals surface area contributed by atoms with Crippen LogP contribution in [0.15, 0.2) is 17.5 Å². The molecule has 0 aliphatic heterocycles. The number of halogens is 1. The van der Waals surface area contributed by atoms with Crippen LogP contribution >= 0.6 is 22.9 Å². The molecule has 0 aliphatic rings. The molecule has 3 rings (SSSR count). The molecule has 10 heteroatoms. The second-order valence-electron chi connectivity index (χ2n) is 5.95. The lowest BCUT2D eigenvalue weighted by atomic mass is 10.0. The van der Waals surface area contributed by atoms with Gasteiger partial charge in [-0.05, 0) is 37.1 Å². The molecule has 2 heterocycles. The Labute approximate surface area is 162 Å². The third kappa shape index (κ3) is 3.04. The van der Waals surface area contributed by atoms with Gasteiger partial charge in [0, 0.05) is 29.5 Å². The van der Waals surface area contributed by atoms with E-state index < -0.39 is 22.1 Å². The van der Waals surface area contributed by atoms with Crippen molar-refractivity contribution in [3.05, 3.63) is 54.8 Å². The van der Waals surface area contributed by atoms with Gasteiger partial charge >= 0.3 is 5.69 Å². The Kier molecular flexibility index (Phi) is 4.66. The average molecular weight is 408 g/mol. The van der Waals surface area contributed by atoms with Gasteiger partial charge in [-0.3, -0.25) is 10.1 Å². The average Bonchev–Trinajstić information content (AvgIpc) is 3.10. The van der Waals surface area contributed by atoms with E-state index in [0.29, 0.717) is 26.7 Å². The van der Waals surface area contributed by atoms with E-state index in [1.807, 2.05) is 13.8 Å². The minimum atomic E-state index is -0.806. The van der Waals surface area contributed by atoms with Crippen LogP contribution in [0.25, 0.3) is 21.8 Å². The normalized spacial score (nSPS) is 11.0. The number of benzene rings is 1. The standard InChI is InChI=1S/C17H14ClN3O5S/c1-7-8(2)14(16(18)20(24)9(7)3)17-19-11(6-27-17)10-4-12(21(25)26)15(23)13(22)5-10/h4-6,22-23H,1-3H3. The van der Waals surface area contributed by atoms with Gasteiger partial charge in [-0.25, -0.2) is 4.98 Å². The maximum atomic E-state index is 12.2. The summed E-state index contributed by atoms with van der Waals surface area (Å²) in [6, 6.07) is 2.31. The Hall–Kier alpha value is -2.91. The van der Waals surface area contributed by atoms with E-state index in [9.17, 15) is 25.5 Å². The highest BCUT2D eigenvalue weighted by atomic mass is 35.5. The summed E-state index contributed by atoms with van der Waals surface area (Å²) < 4.78 is 0.636. The predicted molar refractivity (Wildman–Crippen MR) is 101 cm³/mol. The van der Waals surface area contributed by atoms with Gasteiger partial charge in [0.2, 0.25) is 5.75 Å². The highest BCUT2D eigenvalue weighted by Crippen LogP contribution is 2.41. The van der Waals surface area contributed by atoms with E-state index in [1.165, 1.54) is 17.4 Å². The van der Waals surface area contributed by atoms with Crippen LogP contribution in [-0.4, -0.2) is 20.1 Å². The van der Waals surface area contributed by atoms with E-state index in [2.05, 4.69) is 4.98 Å². The Morgan fingerprint density at radius 3 is 2.52 bits per heavy atom. The summed E-state index contributed by atoms with van der Waals surface area (Å²) >= 11 is 7.44. The van der Waals surface area contributed by atoms with Crippen molar-refractivity contribution < 1.29 is 19.9 Å². The van der Waals surface area contributed by atoms with Crippen LogP contribution in [0.5, 0.6) is 11.5 Å². The minimum absolute atomic E-state index is 0.00367. The molecule has 0 amide bonds. The summed E-state index contributed by atoms with van der Waals surface area (Å²) in [6.07, 6.45) is 0. The second kappa shape index (κ2) is 6.67. The molecule has 0 saturated carbocycles. The molecule has 0 aliphatic carbocycles. The second-order valence-corrected chi connectivity index (χ2v) is 7.17. The Morgan fingerprint density at radius 2 is 1.89 bits per heavy atom. The van der Waals surface area contributed by atoms with Crippen molar-refractivity contribution in [1.29, 1.82) is 0 Å². The number of hydrogen-bond donors (Lipinski definition) is 2. The molecule has 0 spiro atoms. The molecule has 1 aromatic carbocycles. The van der Waals surface area contributed by atoms with E-state index in [-0.39, 0.29) is 10.7 Å². The summed E-state index contributed by atoms with van der Waals surface area (Å²) in [6.45, 7) is 5.33. The Bertz CT molecular complexity index is 1070. The van der Waals surface area contributed by atoms with Gasteiger partial charge in [0.15, 0.2) is 11.4 Å². The molecule has 2 aromatic heterocycles. The molecule has 140 valence electrons. The van der Waals surface area contributed by atoms with Crippen molar-refractivity contribution in [2.24, 2.45) is 0 Å². The summed E-state index contributed by atoms with van der Waals surface area (Å²) in [5, 5.41) is 44.8. The van der Waals surface area contributed by atoms with Crippen LogP contribution < -0.4 is 4.73 Å². The first kappa shape index (κ1) is 18.9. The zero-order chi connectivity index (χ0) is 20.0. The molecule has 0 saturated heterocycles. The molecule has 0 unspecified atom stereocenters. The highest BCUT2D eigenvalue weighted by Gasteiger charge is 2.25. The number of hydrogen-bond acceptors (Lipinski definition) is 7. The molecule has 8 nitrogen and oxygen atoms in total. The highest BCUT2D eigenvalue weighted by molar-refractivity contribution is 7.13. The number of nitro groups is 1. The Morgan fingerprint density at radius 1 is 1.22 bits per heavy atom. The molecule has 2 N–H and O–H groups in total. The number of aromatic hydroxyl groups is 2. The number of thiazole rings is 1. The molecule has 0 fully saturated rings. The zero-order valence-corrected chi connectivity index (χ0v) is 16.1. The lowest BCUT2D eigenvalue weighted by Crippen LogP contribution is -2.33. The number of rotatable bonds is 3. The number of aromatic nitrogens is 2. The summed E-state index contributed by atoms with van der Waals surface area (Å²) in [5.41, 5.74) is 2.56. The van der Waals surface area contributed by atoms with E-state index in [1.54, 1.807) is 12.3 Å². The quantitative estimate of drug-likeness (QED) is 0.169. The van der Waals surface area contributed by atoms with Crippen molar-refractivity contribution in [3.8, 4) is 33.3 Å². The molecule has 0 radical (unpaired) electrons. The summed E-state index contributed by atoms with van der Waals surface area (Å²) in [5.74, 6) is -1.42. The lowest BCUT2D eigenvalue weighted by Gasteiger charge is -2.12. The van der Waals surface area contributed by atoms with Gasteiger partial charge < -0.3 is 15.4 Å². The third-order valence-corrected chi connectivity index (χ3v) is 5.65. The van der Waals surface area contributed by atoms with Crippen molar-refractivity contribution in [2.45, 2.75) is 20.8 Å². The van der Waals surface area contributed by atoms with Crippen LogP contribution in [0.1, 0.15) is 16.8 Å². The molecular weight excluding hydrogens is 394 g/mol. The van der Waals surface area contributed by atoms with Crippen LogP contribution in [0, 0.1) is 36.1 Å². The predicted octanol–water partition coefficient (Wildman–Crippen LogP) is 4.01. The molecule has 0 atom stereocenters. The van der Waals surface area contributed by atoms with Crippen molar-refractivity contribution in [2.75, 3.05) is 0 Å². The van der Waals surface area contributed by atoms with Gasteiger partial charge in [0.05, 0.1) is 16.2 Å². The smallest absolute Gasteiger partial charge is 0.315 e. The topological polar surface area (TPSA) is 123 Å². The van der Waals surface area contributed by atoms with Gasteiger partial charge in [0.1, 0.15) is 5.01 Å². The van der Waals surface area contributed by atoms with Crippen LogP contribution in [0.2, 0.25) is 5.15 Å². The third-order valence-electron chi connectivity index (χ3n) is 4.45. The maximum Gasteiger partial charge on any atom is 0.315 e. The van der Waals surface area contributed by atoms with Gasteiger partial charge in [-0.1, -0.05) is 0 Å². The first-order chi connectivity index (χ1) is 12.6. The number of phenolic OH excluding ortho intramolecular Hbond substituents is 2. The van der Waals surface area contributed by atoms with Crippen LogP contribution in [0.4, 0.5) is 5.69 Å². The van der Waals surface area contributed by atoms with Crippen molar-refractivity contribution in [1.82, 2.24) is 4.98 Å². The zero-order valence-electron chi connectivity index (χ0n) is 14.5. The number of nitro benzene ring substituents is 1. The number of phenols is 2. The largest absolute Gasteiger partial charge is 0.617 e. The van der Waals surface area contributed by atoms with Crippen LogP contribution in [0.3, 0.4) is 0 Å². The minimum Gasteiger partial charge on any atom is -0.617 e. The maximum absolute atomic E-state index is 12.2. The SMILES string of the molecule is Cc1c(C)c(C)[n+]([O-])c(Cl)c1-c1nc(-c2cc(O)c(O)c([N+](=O)[O-])c2)cs1. The van der Waals surface area contributed by atoms with Crippen molar-refractivity contribution in [3.63, 3.8) is 0 Å². The first-order valence-electron chi connectivity index (χ1n) is 7.69. The lowest BCUT2D eigenvalue weighted by molar-refractivity contribution is -0.609. The van der Waals surface area contributed by atoms with Crippen molar-refractivity contribution >= 4 is 28.6 Å². The first-order valence-corrected chi connectivity index (χ1v) is 8.94. The molecule has 3 aromatic rings. The fraction of sp³-hybridized carbons (Fsp3) is 0.176. The molecule has 27 heavy (non-hydrogen) atoms. The molecular formula is C17H14ClN3O5S. The summed E-state index contributed by atoms with van der Waals surface area (Å²) in [7, 11) is 0.